The van der Waals surface area contributed by atoms with E-state index in [1.165, 1.54) is 0 Å². The molecule has 1 aromatic rings. The molecule has 0 atom stereocenters. The van der Waals surface area contributed by atoms with Crippen LogP contribution in [-0.4, -0.2) is 27.9 Å². The van der Waals surface area contributed by atoms with Crippen molar-refractivity contribution in [3.05, 3.63) is 33.2 Å². The number of quaternary nitrogens is 1. The molecule has 0 unspecified atom stereocenters. The lowest BCUT2D eigenvalue weighted by Crippen LogP contribution is -2.43. The van der Waals surface area contributed by atoms with Crippen LogP contribution in [-0.2, 0) is 20.0 Å². The standard InChI is InChI=1S/C6H2F5N.C2F6NO4S2/c7-1-2(8)4(10)6(12)5(11)3(1)9;3-1(4,5)14(10,11)9-15(12,13)2(6,7)8/h12H2;/q;-1/p+1. The summed E-state index contributed by atoms with van der Waals surface area (Å²) >= 11 is 0. The van der Waals surface area contributed by atoms with Gasteiger partial charge in [0.25, 0.3) is 0 Å². The van der Waals surface area contributed by atoms with Gasteiger partial charge in [0, 0.05) is 0 Å². The Morgan fingerprint density at radius 1 is 0.593 bits per heavy atom. The van der Waals surface area contributed by atoms with Crippen molar-refractivity contribution in [1.29, 1.82) is 0 Å². The number of hydrogen-bond donors (Lipinski definition) is 1. The van der Waals surface area contributed by atoms with Gasteiger partial charge in [0.05, 0.1) is 0 Å². The van der Waals surface area contributed by atoms with E-state index >= 15 is 0 Å². The Morgan fingerprint density at radius 3 is 1.04 bits per heavy atom. The summed E-state index contributed by atoms with van der Waals surface area (Å²) in [6.45, 7) is 0. The monoisotopic (exact) mass is 464 g/mol. The summed E-state index contributed by atoms with van der Waals surface area (Å²) in [5.74, 6) is -9.91. The highest BCUT2D eigenvalue weighted by atomic mass is 32.3. The fourth-order valence-corrected chi connectivity index (χ4v) is 2.57. The number of rotatable bonds is 2. The van der Waals surface area contributed by atoms with Gasteiger partial charge < -0.3 is 9.86 Å². The van der Waals surface area contributed by atoms with Gasteiger partial charge in [0.15, 0.2) is 20.0 Å². The number of nitrogens with zero attached hydrogens (tertiary/aromatic N) is 1. The smallest absolute Gasteiger partial charge is 0.421 e. The van der Waals surface area contributed by atoms with Crippen molar-refractivity contribution >= 4 is 25.7 Å². The number of benzene rings is 1. The Morgan fingerprint density at radius 2 is 0.815 bits per heavy atom. The number of sulfonamides is 2. The molecule has 0 aromatic heterocycles. The predicted molar refractivity (Wildman–Crippen MR) is 62.1 cm³/mol. The molecule has 0 fully saturated rings. The summed E-state index contributed by atoms with van der Waals surface area (Å²) in [7, 11) is -13.4. The fourth-order valence-electron chi connectivity index (χ4n) is 0.864. The molecular weight excluding hydrogens is 461 g/mol. The lowest BCUT2D eigenvalue weighted by molar-refractivity contribution is -0.263. The second-order valence-electron chi connectivity index (χ2n) is 3.96. The Bertz CT molecular complexity index is 774. The second-order valence-corrected chi connectivity index (χ2v) is 7.39. The van der Waals surface area contributed by atoms with Crippen molar-refractivity contribution in [3.63, 3.8) is 0 Å². The molecule has 0 saturated carbocycles. The van der Waals surface area contributed by atoms with E-state index in [4.69, 9.17) is 0 Å². The van der Waals surface area contributed by atoms with E-state index < -0.39 is 65.8 Å². The maximum atomic E-state index is 12.3. The van der Waals surface area contributed by atoms with Crippen molar-refractivity contribution in [2.45, 2.75) is 11.0 Å². The first-order valence-corrected chi connectivity index (χ1v) is 8.25. The molecular formula is C8H3F11N2O4S2. The highest BCUT2D eigenvalue weighted by Gasteiger charge is 2.46. The average molecular weight is 464 g/mol. The third kappa shape index (κ3) is 5.62. The molecule has 0 aliphatic rings. The third-order valence-electron chi connectivity index (χ3n) is 2.08. The van der Waals surface area contributed by atoms with Crippen molar-refractivity contribution in [1.82, 2.24) is 0 Å². The molecule has 0 aliphatic heterocycles. The van der Waals surface area contributed by atoms with Crippen molar-refractivity contribution in [3.8, 4) is 0 Å². The van der Waals surface area contributed by atoms with E-state index in [-0.39, 0.29) is 0 Å². The van der Waals surface area contributed by atoms with Crippen LogP contribution in [0, 0.1) is 29.1 Å². The predicted octanol–water partition coefficient (Wildman–Crippen LogP) is 2.31. The van der Waals surface area contributed by atoms with Gasteiger partial charge in [-0.05, 0) is 0 Å². The molecule has 1 aromatic carbocycles. The minimum absolute atomic E-state index is 0.778. The van der Waals surface area contributed by atoms with Gasteiger partial charge in [0.1, 0.15) is 0 Å². The van der Waals surface area contributed by atoms with Crippen molar-refractivity contribution in [2.24, 2.45) is 0 Å². The molecule has 0 radical (unpaired) electrons. The molecule has 6 nitrogen and oxygen atoms in total. The minimum Gasteiger partial charge on any atom is -0.421 e. The zero-order valence-electron chi connectivity index (χ0n) is 11.8. The zero-order chi connectivity index (χ0) is 22.2. The number of hydrogen-bond acceptors (Lipinski definition) is 4. The van der Waals surface area contributed by atoms with Crippen LogP contribution in [0.2, 0.25) is 0 Å². The van der Waals surface area contributed by atoms with Gasteiger partial charge in [-0.2, -0.15) is 35.1 Å². The van der Waals surface area contributed by atoms with Crippen molar-refractivity contribution in [2.75, 3.05) is 0 Å². The van der Waals surface area contributed by atoms with Gasteiger partial charge >= 0.3 is 11.0 Å². The lowest BCUT2D eigenvalue weighted by Gasteiger charge is -2.22. The summed E-state index contributed by atoms with van der Waals surface area (Å²) in [5.41, 5.74) is -10.8. The maximum Gasteiger partial charge on any atom is 0.480 e. The van der Waals surface area contributed by atoms with Gasteiger partial charge in [-0.3, -0.25) is 0 Å². The van der Waals surface area contributed by atoms with Crippen LogP contribution in [0.15, 0.2) is 0 Å². The minimum atomic E-state index is -6.72. The van der Waals surface area contributed by atoms with E-state index in [9.17, 15) is 65.1 Å². The van der Waals surface area contributed by atoms with Gasteiger partial charge in [-0.25, -0.2) is 30.0 Å². The first-order chi connectivity index (χ1) is 11.7. The third-order valence-corrected chi connectivity index (χ3v) is 4.82. The van der Waals surface area contributed by atoms with Gasteiger partial charge in [0.2, 0.25) is 34.8 Å². The first kappa shape index (κ1) is 25.3. The zero-order valence-corrected chi connectivity index (χ0v) is 13.4. The second kappa shape index (κ2) is 7.72. The first-order valence-electron chi connectivity index (χ1n) is 5.37. The molecule has 1 rings (SSSR count). The Labute approximate surface area is 141 Å². The van der Waals surface area contributed by atoms with Crippen LogP contribution in [0.4, 0.5) is 54.0 Å². The number of halogens is 11. The van der Waals surface area contributed by atoms with Crippen LogP contribution in [0.25, 0.3) is 4.13 Å². The molecule has 19 heteroatoms. The maximum absolute atomic E-state index is 12.3. The Kier molecular flexibility index (Phi) is 7.22. The average Bonchev–Trinajstić information content (AvgIpc) is 2.46. The summed E-state index contributed by atoms with van der Waals surface area (Å²) in [6, 6.07) is 0. The lowest BCUT2D eigenvalue weighted by atomic mass is 10.2. The summed E-state index contributed by atoms with van der Waals surface area (Å²) < 4.78 is 171. The molecule has 0 amide bonds. The van der Waals surface area contributed by atoms with Gasteiger partial charge in [-0.15, -0.1) is 0 Å². The van der Waals surface area contributed by atoms with Crippen LogP contribution >= 0.6 is 0 Å². The molecule has 0 spiro atoms. The molecule has 27 heavy (non-hydrogen) atoms. The molecule has 0 bridgehead atoms. The van der Waals surface area contributed by atoms with E-state index in [0.717, 1.165) is 4.13 Å². The Hall–Kier alpha value is -1.73. The summed E-state index contributed by atoms with van der Waals surface area (Å²) in [6.07, 6.45) is 0. The van der Waals surface area contributed by atoms with E-state index in [1.807, 2.05) is 0 Å². The highest BCUT2D eigenvalue weighted by molar-refractivity contribution is 8.13. The van der Waals surface area contributed by atoms with E-state index in [0.29, 0.717) is 0 Å². The Balaban J connectivity index is 0.000000511. The molecule has 0 saturated heterocycles. The normalized spacial score (nSPS) is 13.2. The van der Waals surface area contributed by atoms with Gasteiger partial charge in [-0.1, -0.05) is 0 Å². The van der Waals surface area contributed by atoms with E-state index in [2.05, 4.69) is 5.73 Å². The topological polar surface area (TPSA) is 110 Å². The largest absolute Gasteiger partial charge is 0.480 e. The SMILES string of the molecule is O=S(=O)([N-]S(=O)(=O)C(F)(F)F)C(F)(F)F.[NH3+]c1c(F)c(F)c(F)c(F)c1F. The summed E-state index contributed by atoms with van der Waals surface area (Å²) in [5, 5.41) is 0. The summed E-state index contributed by atoms with van der Waals surface area (Å²) in [4.78, 5) is 0. The molecule has 158 valence electrons. The highest BCUT2D eigenvalue weighted by Crippen LogP contribution is 2.36. The number of alkyl halides is 6. The molecule has 0 aliphatic carbocycles. The fraction of sp³-hybridized carbons (Fsp3) is 0.250. The van der Waals surface area contributed by atoms with E-state index in [1.54, 1.807) is 0 Å². The molecule has 3 N–H and O–H groups in total. The van der Waals surface area contributed by atoms with Crippen LogP contribution in [0.3, 0.4) is 0 Å². The van der Waals surface area contributed by atoms with Crippen LogP contribution < -0.4 is 5.73 Å². The molecule has 0 heterocycles. The quantitative estimate of drug-likeness (QED) is 0.412. The van der Waals surface area contributed by atoms with Crippen molar-refractivity contribution < 1.29 is 70.9 Å². The van der Waals surface area contributed by atoms with Crippen LogP contribution in [0.1, 0.15) is 0 Å². The van der Waals surface area contributed by atoms with Crippen LogP contribution in [0.5, 0.6) is 0 Å².